The van der Waals surface area contributed by atoms with Gasteiger partial charge in [-0.3, -0.25) is 9.89 Å². The first-order valence-electron chi connectivity index (χ1n) is 9.83. The Kier molecular flexibility index (Phi) is 6.64. The maximum absolute atomic E-state index is 13.1. The van der Waals surface area contributed by atoms with E-state index in [1.54, 1.807) is 7.11 Å². The molecule has 0 aliphatic carbocycles. The zero-order valence-electron chi connectivity index (χ0n) is 17.0. The highest BCUT2D eigenvalue weighted by molar-refractivity contribution is 8.00. The largest absolute Gasteiger partial charge is 0.497 e. The molecule has 0 spiro atoms. The third-order valence-corrected chi connectivity index (χ3v) is 5.91. The molecule has 1 unspecified atom stereocenters. The van der Waals surface area contributed by atoms with Gasteiger partial charge in [0.15, 0.2) is 5.82 Å². The van der Waals surface area contributed by atoms with Crippen LogP contribution in [0.1, 0.15) is 16.6 Å². The maximum atomic E-state index is 13.1. The van der Waals surface area contributed by atoms with Crippen molar-refractivity contribution < 1.29 is 9.53 Å². The van der Waals surface area contributed by atoms with Crippen LogP contribution < -0.4 is 10.1 Å². The van der Waals surface area contributed by atoms with Gasteiger partial charge in [-0.15, -0.1) is 11.8 Å². The average molecular weight is 431 g/mol. The Morgan fingerprint density at radius 1 is 1.00 bits per heavy atom. The number of ether oxygens (including phenoxy) is 1. The highest BCUT2D eigenvalue weighted by Crippen LogP contribution is 2.35. The molecule has 1 atom stereocenters. The van der Waals surface area contributed by atoms with E-state index in [1.165, 1.54) is 11.8 Å². The number of amides is 1. The van der Waals surface area contributed by atoms with Gasteiger partial charge in [0.25, 0.3) is 0 Å². The number of nitrogens with one attached hydrogen (secondary N) is 2. The minimum absolute atomic E-state index is 0.0811. The van der Waals surface area contributed by atoms with E-state index in [4.69, 9.17) is 4.74 Å². The fourth-order valence-electron chi connectivity index (χ4n) is 3.04. The first-order chi connectivity index (χ1) is 15.2. The summed E-state index contributed by atoms with van der Waals surface area (Å²) in [6, 6.07) is 27.2. The molecule has 0 bridgehead atoms. The van der Waals surface area contributed by atoms with Crippen molar-refractivity contribution in [2.75, 3.05) is 7.11 Å². The van der Waals surface area contributed by atoms with Crippen LogP contribution in [0.5, 0.6) is 5.75 Å². The van der Waals surface area contributed by atoms with Gasteiger partial charge in [-0.2, -0.15) is 5.10 Å². The number of benzene rings is 3. The molecular formula is C24H22N4O2S. The monoisotopic (exact) mass is 430 g/mol. The van der Waals surface area contributed by atoms with Gasteiger partial charge in [-0.25, -0.2) is 4.98 Å². The van der Waals surface area contributed by atoms with Crippen LogP contribution >= 0.6 is 11.8 Å². The number of methoxy groups -OCH3 is 1. The normalized spacial score (nSPS) is 11.6. The Labute approximate surface area is 185 Å². The number of carbonyl (C=O) groups is 1. The molecule has 4 aromatic rings. The number of aromatic amines is 1. The molecule has 0 aliphatic rings. The number of thioether (sulfide) groups is 1. The Bertz CT molecular complexity index is 1120. The SMILES string of the molecule is COc1ccc(-c2n[nH]c(CNC(=O)C(Sc3ccccc3)c3ccccc3)n2)cc1. The fraction of sp³-hybridized carbons (Fsp3) is 0.125. The predicted octanol–water partition coefficient (Wildman–Crippen LogP) is 4.63. The molecule has 0 saturated heterocycles. The van der Waals surface area contributed by atoms with E-state index in [9.17, 15) is 4.79 Å². The van der Waals surface area contributed by atoms with Gasteiger partial charge in [0.2, 0.25) is 5.91 Å². The van der Waals surface area contributed by atoms with E-state index >= 15 is 0 Å². The molecule has 3 aromatic carbocycles. The smallest absolute Gasteiger partial charge is 0.238 e. The van der Waals surface area contributed by atoms with Crippen molar-refractivity contribution in [1.82, 2.24) is 20.5 Å². The van der Waals surface area contributed by atoms with Crippen LogP contribution in [0, 0.1) is 0 Å². The van der Waals surface area contributed by atoms with Crippen molar-refractivity contribution in [2.45, 2.75) is 16.7 Å². The van der Waals surface area contributed by atoms with Crippen LogP contribution in [0.15, 0.2) is 89.8 Å². The Morgan fingerprint density at radius 2 is 1.68 bits per heavy atom. The van der Waals surface area contributed by atoms with E-state index in [0.717, 1.165) is 21.8 Å². The molecule has 6 nitrogen and oxygen atoms in total. The van der Waals surface area contributed by atoms with Crippen LogP contribution in [0.3, 0.4) is 0 Å². The lowest BCUT2D eigenvalue weighted by Crippen LogP contribution is -2.28. The summed E-state index contributed by atoms with van der Waals surface area (Å²) < 4.78 is 5.18. The minimum atomic E-state index is -0.368. The highest BCUT2D eigenvalue weighted by atomic mass is 32.2. The second kappa shape index (κ2) is 9.95. The van der Waals surface area contributed by atoms with Crippen LogP contribution in [0.25, 0.3) is 11.4 Å². The lowest BCUT2D eigenvalue weighted by Gasteiger charge is -2.16. The predicted molar refractivity (Wildman–Crippen MR) is 122 cm³/mol. The molecule has 7 heteroatoms. The van der Waals surface area contributed by atoms with Gasteiger partial charge in [-0.05, 0) is 42.0 Å². The summed E-state index contributed by atoms with van der Waals surface area (Å²) in [6.45, 7) is 0.265. The number of nitrogens with zero attached hydrogens (tertiary/aromatic N) is 2. The van der Waals surface area contributed by atoms with Crippen LogP contribution in [-0.2, 0) is 11.3 Å². The molecule has 156 valence electrons. The number of rotatable bonds is 8. The molecule has 0 radical (unpaired) electrons. The quantitative estimate of drug-likeness (QED) is 0.399. The van der Waals surface area contributed by atoms with Crippen molar-refractivity contribution in [3.63, 3.8) is 0 Å². The van der Waals surface area contributed by atoms with Crippen molar-refractivity contribution in [3.8, 4) is 17.1 Å². The van der Waals surface area contributed by atoms with Gasteiger partial charge in [-0.1, -0.05) is 48.5 Å². The number of hydrogen-bond donors (Lipinski definition) is 2. The Hall–Kier alpha value is -3.58. The summed E-state index contributed by atoms with van der Waals surface area (Å²) in [5.41, 5.74) is 1.82. The zero-order valence-corrected chi connectivity index (χ0v) is 17.8. The second-order valence-corrected chi connectivity index (χ2v) is 7.95. The molecule has 1 aromatic heterocycles. The van der Waals surface area contributed by atoms with Gasteiger partial charge in [0.05, 0.1) is 13.7 Å². The minimum Gasteiger partial charge on any atom is -0.497 e. The maximum Gasteiger partial charge on any atom is 0.238 e. The molecule has 0 aliphatic heterocycles. The molecular weight excluding hydrogens is 408 g/mol. The first kappa shape index (κ1) is 20.7. The zero-order chi connectivity index (χ0) is 21.5. The van der Waals surface area contributed by atoms with Crippen molar-refractivity contribution in [3.05, 3.63) is 96.3 Å². The number of aromatic nitrogens is 3. The summed E-state index contributed by atoms with van der Waals surface area (Å²) in [6.07, 6.45) is 0. The topological polar surface area (TPSA) is 79.9 Å². The summed E-state index contributed by atoms with van der Waals surface area (Å²) >= 11 is 1.52. The van der Waals surface area contributed by atoms with Gasteiger partial charge < -0.3 is 10.1 Å². The third kappa shape index (κ3) is 5.32. The number of hydrogen-bond acceptors (Lipinski definition) is 5. The van der Waals surface area contributed by atoms with Gasteiger partial charge in [0, 0.05) is 10.5 Å². The van der Waals surface area contributed by atoms with Crippen LogP contribution in [0.2, 0.25) is 0 Å². The second-order valence-electron chi connectivity index (χ2n) is 6.77. The van der Waals surface area contributed by atoms with Crippen molar-refractivity contribution >= 4 is 17.7 Å². The average Bonchev–Trinajstić information content (AvgIpc) is 3.31. The molecule has 0 fully saturated rings. The Morgan fingerprint density at radius 3 is 2.35 bits per heavy atom. The van der Waals surface area contributed by atoms with E-state index in [0.29, 0.717) is 11.6 Å². The van der Waals surface area contributed by atoms with E-state index < -0.39 is 0 Å². The van der Waals surface area contributed by atoms with E-state index in [1.807, 2.05) is 84.9 Å². The molecule has 2 N–H and O–H groups in total. The lowest BCUT2D eigenvalue weighted by molar-refractivity contribution is -0.120. The molecule has 0 saturated carbocycles. The van der Waals surface area contributed by atoms with E-state index in [2.05, 4.69) is 20.5 Å². The summed E-state index contributed by atoms with van der Waals surface area (Å²) in [5.74, 6) is 1.86. The van der Waals surface area contributed by atoms with Gasteiger partial charge >= 0.3 is 0 Å². The van der Waals surface area contributed by atoms with Crippen LogP contribution in [-0.4, -0.2) is 28.2 Å². The van der Waals surface area contributed by atoms with E-state index in [-0.39, 0.29) is 17.7 Å². The van der Waals surface area contributed by atoms with Gasteiger partial charge in [0.1, 0.15) is 16.8 Å². The summed E-state index contributed by atoms with van der Waals surface area (Å²) in [5, 5.41) is 9.78. The lowest BCUT2D eigenvalue weighted by atomic mass is 10.1. The summed E-state index contributed by atoms with van der Waals surface area (Å²) in [4.78, 5) is 18.6. The first-order valence-corrected chi connectivity index (χ1v) is 10.7. The number of H-pyrrole nitrogens is 1. The highest BCUT2D eigenvalue weighted by Gasteiger charge is 2.22. The Balaban J connectivity index is 1.44. The number of carbonyl (C=O) groups excluding carboxylic acids is 1. The fourth-order valence-corrected chi connectivity index (χ4v) is 4.11. The van der Waals surface area contributed by atoms with Crippen molar-refractivity contribution in [1.29, 1.82) is 0 Å². The molecule has 31 heavy (non-hydrogen) atoms. The summed E-state index contributed by atoms with van der Waals surface area (Å²) in [7, 11) is 1.63. The van der Waals surface area contributed by atoms with Crippen LogP contribution in [0.4, 0.5) is 0 Å². The molecule has 1 amide bonds. The molecule has 4 rings (SSSR count). The third-order valence-electron chi connectivity index (χ3n) is 4.65. The van der Waals surface area contributed by atoms with Crippen molar-refractivity contribution in [2.24, 2.45) is 0 Å². The standard InChI is InChI=1S/C24H22N4O2S/c1-30-19-14-12-18(13-15-19)23-26-21(27-28-23)16-25-24(29)22(17-8-4-2-5-9-17)31-20-10-6-3-7-11-20/h2-15,22H,16H2,1H3,(H,25,29)(H,26,27,28). The molecule has 1 heterocycles.